The molecule has 0 atom stereocenters. The third-order valence-corrected chi connectivity index (χ3v) is 3.75. The van der Waals surface area contributed by atoms with Gasteiger partial charge in [0.05, 0.1) is 13.7 Å². The third kappa shape index (κ3) is 3.18. The van der Waals surface area contributed by atoms with Gasteiger partial charge in [0.25, 0.3) is 0 Å². The summed E-state index contributed by atoms with van der Waals surface area (Å²) in [5.74, 6) is 1.56. The number of phenolic OH excluding ortho intramolecular Hbond substituents is 1. The maximum absolute atomic E-state index is 10.2. The van der Waals surface area contributed by atoms with E-state index in [2.05, 4.69) is 4.99 Å². The molecule has 0 aliphatic carbocycles. The van der Waals surface area contributed by atoms with Crippen molar-refractivity contribution in [2.24, 2.45) is 4.99 Å². The number of ether oxygens (including phenoxy) is 2. The van der Waals surface area contributed by atoms with Crippen LogP contribution < -0.4 is 9.47 Å². The number of methoxy groups -OCH3 is 1. The normalized spacial score (nSPS) is 11.1. The molecule has 0 amide bonds. The minimum absolute atomic E-state index is 0.198. The summed E-state index contributed by atoms with van der Waals surface area (Å²) in [5, 5.41) is 12.2. The van der Waals surface area contributed by atoms with E-state index in [1.54, 1.807) is 25.5 Å². The smallest absolute Gasteiger partial charge is 0.148 e. The van der Waals surface area contributed by atoms with Gasteiger partial charge in [-0.15, -0.1) is 0 Å². The van der Waals surface area contributed by atoms with Crippen molar-refractivity contribution in [2.75, 3.05) is 13.7 Å². The van der Waals surface area contributed by atoms with Crippen LogP contribution >= 0.6 is 0 Å². The topological polar surface area (TPSA) is 51.0 Å². The van der Waals surface area contributed by atoms with Gasteiger partial charge in [-0.2, -0.15) is 0 Å². The summed E-state index contributed by atoms with van der Waals surface area (Å²) in [6, 6.07) is 16.9. The van der Waals surface area contributed by atoms with E-state index < -0.39 is 0 Å². The Bertz CT molecular complexity index is 887. The van der Waals surface area contributed by atoms with Gasteiger partial charge in [-0.3, -0.25) is 4.99 Å². The number of aliphatic imine (C=N–C) groups is 1. The van der Waals surface area contributed by atoms with Crippen LogP contribution in [0, 0.1) is 0 Å². The van der Waals surface area contributed by atoms with E-state index in [4.69, 9.17) is 9.47 Å². The minimum Gasteiger partial charge on any atom is -0.507 e. The number of rotatable bonds is 5. The molecule has 4 heteroatoms. The molecule has 3 aromatic rings. The van der Waals surface area contributed by atoms with E-state index in [1.165, 1.54) is 0 Å². The standard InChI is InChI=1S/C20H19NO3/c1-3-24-20-12-15(23-2)9-10-18(20)21-13-17-16-7-5-4-6-14(16)8-11-19(17)22/h4-13,22H,3H2,1-2H3. The third-order valence-electron chi connectivity index (χ3n) is 3.75. The first-order valence-corrected chi connectivity index (χ1v) is 7.78. The molecule has 3 rings (SSSR count). The summed E-state index contributed by atoms with van der Waals surface area (Å²) >= 11 is 0. The highest BCUT2D eigenvalue weighted by Gasteiger charge is 2.07. The maximum Gasteiger partial charge on any atom is 0.148 e. The lowest BCUT2D eigenvalue weighted by atomic mass is 10.0. The van der Waals surface area contributed by atoms with E-state index in [1.807, 2.05) is 49.4 Å². The molecule has 0 radical (unpaired) electrons. The summed E-state index contributed by atoms with van der Waals surface area (Å²) in [7, 11) is 1.61. The van der Waals surface area contributed by atoms with Gasteiger partial charge < -0.3 is 14.6 Å². The van der Waals surface area contributed by atoms with Gasteiger partial charge in [-0.1, -0.05) is 30.3 Å². The molecule has 0 aliphatic rings. The number of hydrogen-bond acceptors (Lipinski definition) is 4. The predicted molar refractivity (Wildman–Crippen MR) is 97.0 cm³/mol. The van der Waals surface area contributed by atoms with Gasteiger partial charge in [0, 0.05) is 17.8 Å². The van der Waals surface area contributed by atoms with Crippen LogP contribution in [-0.4, -0.2) is 25.0 Å². The second-order valence-corrected chi connectivity index (χ2v) is 5.24. The molecule has 0 aromatic heterocycles. The summed E-state index contributed by atoms with van der Waals surface area (Å²) < 4.78 is 10.9. The van der Waals surface area contributed by atoms with Crippen molar-refractivity contribution in [1.29, 1.82) is 0 Å². The zero-order chi connectivity index (χ0) is 16.9. The second kappa shape index (κ2) is 7.04. The number of hydrogen-bond donors (Lipinski definition) is 1. The van der Waals surface area contributed by atoms with Gasteiger partial charge in [-0.25, -0.2) is 0 Å². The lowest BCUT2D eigenvalue weighted by Gasteiger charge is -2.09. The average Bonchev–Trinajstić information content (AvgIpc) is 2.62. The van der Waals surface area contributed by atoms with Crippen molar-refractivity contribution in [3.63, 3.8) is 0 Å². The van der Waals surface area contributed by atoms with Crippen molar-refractivity contribution in [3.8, 4) is 17.2 Å². The Morgan fingerprint density at radius 3 is 2.71 bits per heavy atom. The average molecular weight is 321 g/mol. The van der Waals surface area contributed by atoms with Gasteiger partial charge >= 0.3 is 0 Å². The summed E-state index contributed by atoms with van der Waals surface area (Å²) in [6.45, 7) is 2.46. The minimum atomic E-state index is 0.198. The first-order chi connectivity index (χ1) is 11.7. The number of benzene rings is 3. The maximum atomic E-state index is 10.2. The van der Waals surface area contributed by atoms with Crippen LogP contribution in [0.15, 0.2) is 59.6 Å². The molecule has 0 heterocycles. The lowest BCUT2D eigenvalue weighted by Crippen LogP contribution is -1.93. The summed E-state index contributed by atoms with van der Waals surface area (Å²) in [4.78, 5) is 4.52. The molecule has 4 nitrogen and oxygen atoms in total. The molecule has 0 unspecified atom stereocenters. The van der Waals surface area contributed by atoms with Crippen LogP contribution in [-0.2, 0) is 0 Å². The molecule has 0 fully saturated rings. The predicted octanol–water partition coefficient (Wildman–Crippen LogP) is 4.70. The molecule has 24 heavy (non-hydrogen) atoms. The molecule has 0 spiro atoms. The van der Waals surface area contributed by atoms with E-state index in [0.29, 0.717) is 29.4 Å². The van der Waals surface area contributed by atoms with Crippen molar-refractivity contribution >= 4 is 22.7 Å². The van der Waals surface area contributed by atoms with Crippen LogP contribution in [0.3, 0.4) is 0 Å². The number of phenols is 1. The Labute approximate surface area is 141 Å². The SMILES string of the molecule is CCOc1cc(OC)ccc1N=Cc1c(O)ccc2ccccc12. The van der Waals surface area contributed by atoms with Crippen LogP contribution in [0.25, 0.3) is 10.8 Å². The van der Waals surface area contributed by atoms with Gasteiger partial charge in [0.15, 0.2) is 0 Å². The van der Waals surface area contributed by atoms with Crippen molar-refractivity contribution in [3.05, 3.63) is 60.2 Å². The Morgan fingerprint density at radius 2 is 1.92 bits per heavy atom. The zero-order valence-corrected chi connectivity index (χ0v) is 13.7. The van der Waals surface area contributed by atoms with E-state index in [0.717, 1.165) is 10.8 Å². The van der Waals surface area contributed by atoms with Crippen LogP contribution in [0.2, 0.25) is 0 Å². The van der Waals surface area contributed by atoms with E-state index in [-0.39, 0.29) is 5.75 Å². The Kier molecular flexibility index (Phi) is 4.66. The number of fused-ring (bicyclic) bond motifs is 1. The Balaban J connectivity index is 2.04. The Morgan fingerprint density at radius 1 is 1.08 bits per heavy atom. The summed E-state index contributed by atoms with van der Waals surface area (Å²) in [6.07, 6.45) is 1.67. The fraction of sp³-hybridized carbons (Fsp3) is 0.150. The van der Waals surface area contributed by atoms with Gasteiger partial charge in [-0.05, 0) is 35.9 Å². The molecule has 122 valence electrons. The first-order valence-electron chi connectivity index (χ1n) is 7.78. The number of aromatic hydroxyl groups is 1. The van der Waals surface area contributed by atoms with Crippen LogP contribution in [0.1, 0.15) is 12.5 Å². The molecule has 3 aromatic carbocycles. The largest absolute Gasteiger partial charge is 0.507 e. The van der Waals surface area contributed by atoms with Crippen molar-refractivity contribution < 1.29 is 14.6 Å². The molecule has 1 N–H and O–H groups in total. The summed E-state index contributed by atoms with van der Waals surface area (Å²) in [5.41, 5.74) is 1.37. The highest BCUT2D eigenvalue weighted by Crippen LogP contribution is 2.33. The van der Waals surface area contributed by atoms with Crippen LogP contribution in [0.5, 0.6) is 17.2 Å². The van der Waals surface area contributed by atoms with E-state index >= 15 is 0 Å². The fourth-order valence-electron chi connectivity index (χ4n) is 2.55. The molecular weight excluding hydrogens is 302 g/mol. The van der Waals surface area contributed by atoms with Gasteiger partial charge in [0.1, 0.15) is 22.9 Å². The highest BCUT2D eigenvalue weighted by atomic mass is 16.5. The van der Waals surface area contributed by atoms with Crippen LogP contribution in [0.4, 0.5) is 5.69 Å². The molecule has 0 bridgehead atoms. The first kappa shape index (κ1) is 15.9. The molecular formula is C20H19NO3. The van der Waals surface area contributed by atoms with Crippen molar-refractivity contribution in [2.45, 2.75) is 6.92 Å². The molecule has 0 aliphatic heterocycles. The van der Waals surface area contributed by atoms with E-state index in [9.17, 15) is 5.11 Å². The number of nitrogens with zero attached hydrogens (tertiary/aromatic N) is 1. The lowest BCUT2D eigenvalue weighted by molar-refractivity contribution is 0.337. The monoisotopic (exact) mass is 321 g/mol. The van der Waals surface area contributed by atoms with Gasteiger partial charge in [0.2, 0.25) is 0 Å². The second-order valence-electron chi connectivity index (χ2n) is 5.24. The van der Waals surface area contributed by atoms with Crippen molar-refractivity contribution in [1.82, 2.24) is 0 Å². The Hall–Kier alpha value is -3.01. The fourth-order valence-corrected chi connectivity index (χ4v) is 2.55. The zero-order valence-electron chi connectivity index (χ0n) is 13.7. The quantitative estimate of drug-likeness (QED) is 0.693. The molecule has 0 saturated heterocycles. The molecule has 0 saturated carbocycles. The highest BCUT2D eigenvalue weighted by molar-refractivity contribution is 6.03.